The predicted molar refractivity (Wildman–Crippen MR) is 107 cm³/mol. The molecular formula is C21H20N2O7. The van der Waals surface area contributed by atoms with Crippen molar-refractivity contribution in [2.24, 2.45) is 5.10 Å². The zero-order valence-electron chi connectivity index (χ0n) is 16.6. The first kappa shape index (κ1) is 20.7. The number of aromatic hydroxyl groups is 1. The van der Waals surface area contributed by atoms with Gasteiger partial charge >= 0.3 is 11.5 Å². The first-order valence-corrected chi connectivity index (χ1v) is 8.92. The van der Waals surface area contributed by atoms with E-state index in [-0.39, 0.29) is 35.2 Å². The number of methoxy groups -OCH3 is 1. The van der Waals surface area contributed by atoms with Crippen molar-refractivity contribution in [3.8, 4) is 17.2 Å². The summed E-state index contributed by atoms with van der Waals surface area (Å²) in [6.07, 6.45) is 0. The lowest BCUT2D eigenvalue weighted by Crippen LogP contribution is -2.21. The fraction of sp³-hybridized carbons (Fsp3) is 0.190. The molecule has 0 aliphatic carbocycles. The highest BCUT2D eigenvalue weighted by atomic mass is 16.5. The van der Waals surface area contributed by atoms with E-state index in [0.717, 1.165) is 0 Å². The number of nitrogens with zero attached hydrogens (tertiary/aromatic N) is 1. The maximum atomic E-state index is 12.3. The molecule has 3 rings (SSSR count). The van der Waals surface area contributed by atoms with Crippen LogP contribution >= 0.6 is 0 Å². The van der Waals surface area contributed by atoms with Crippen LogP contribution in [0.25, 0.3) is 0 Å². The summed E-state index contributed by atoms with van der Waals surface area (Å²) < 4.78 is 21.3. The van der Waals surface area contributed by atoms with E-state index in [9.17, 15) is 14.7 Å². The molecule has 0 bridgehead atoms. The average Bonchev–Trinajstić information content (AvgIpc) is 3.19. The summed E-state index contributed by atoms with van der Waals surface area (Å²) in [5.41, 5.74) is 1.47. The van der Waals surface area contributed by atoms with Gasteiger partial charge < -0.3 is 23.4 Å². The smallest absolute Gasteiger partial charge is 0.348 e. The van der Waals surface area contributed by atoms with Gasteiger partial charge in [0.15, 0.2) is 17.3 Å². The zero-order chi connectivity index (χ0) is 21.7. The quantitative estimate of drug-likeness (QED) is 0.452. The summed E-state index contributed by atoms with van der Waals surface area (Å²) in [6.45, 7) is 3.08. The number of hydrogen-bond acceptors (Lipinski definition) is 8. The Morgan fingerprint density at radius 1 is 1.17 bits per heavy atom. The van der Waals surface area contributed by atoms with Gasteiger partial charge in [-0.05, 0) is 38.1 Å². The third-order valence-electron chi connectivity index (χ3n) is 4.07. The Kier molecular flexibility index (Phi) is 6.21. The average molecular weight is 412 g/mol. The molecular weight excluding hydrogens is 392 g/mol. The van der Waals surface area contributed by atoms with Gasteiger partial charge in [0.2, 0.25) is 0 Å². The number of hydrogen-bond donors (Lipinski definition) is 2. The minimum absolute atomic E-state index is 0.00494. The van der Waals surface area contributed by atoms with E-state index >= 15 is 0 Å². The summed E-state index contributed by atoms with van der Waals surface area (Å²) in [4.78, 5) is 24.1. The van der Waals surface area contributed by atoms with Crippen LogP contribution in [0, 0.1) is 6.92 Å². The van der Waals surface area contributed by atoms with Crippen molar-refractivity contribution < 1.29 is 28.2 Å². The van der Waals surface area contributed by atoms with Crippen LogP contribution in [0.5, 0.6) is 17.2 Å². The van der Waals surface area contributed by atoms with Crippen LogP contribution in [-0.2, 0) is 6.61 Å². The molecule has 1 aromatic carbocycles. The molecule has 9 heteroatoms. The molecule has 1 amide bonds. The summed E-state index contributed by atoms with van der Waals surface area (Å²) in [5, 5.41) is 13.8. The van der Waals surface area contributed by atoms with Crippen LogP contribution in [0.15, 0.2) is 61.2 Å². The number of hydrazone groups is 1. The molecule has 0 fully saturated rings. The Morgan fingerprint density at radius 2 is 1.90 bits per heavy atom. The van der Waals surface area contributed by atoms with Crippen molar-refractivity contribution in [2.75, 3.05) is 7.11 Å². The highest BCUT2D eigenvalue weighted by Gasteiger charge is 2.15. The Bertz CT molecular complexity index is 1140. The minimum Gasteiger partial charge on any atom is -0.507 e. The molecule has 0 saturated carbocycles. The second-order valence-electron chi connectivity index (χ2n) is 6.25. The molecule has 0 spiro atoms. The fourth-order valence-electron chi connectivity index (χ4n) is 2.64. The first-order valence-electron chi connectivity index (χ1n) is 8.92. The Labute approximate surface area is 171 Å². The van der Waals surface area contributed by atoms with Crippen LogP contribution in [0.2, 0.25) is 0 Å². The fourth-order valence-corrected chi connectivity index (χ4v) is 2.64. The molecule has 156 valence electrons. The van der Waals surface area contributed by atoms with Gasteiger partial charge in [-0.15, -0.1) is 0 Å². The maximum absolute atomic E-state index is 12.3. The lowest BCUT2D eigenvalue weighted by Gasteiger charge is -2.08. The molecule has 0 atom stereocenters. The van der Waals surface area contributed by atoms with Gasteiger partial charge in [0.1, 0.15) is 29.4 Å². The summed E-state index contributed by atoms with van der Waals surface area (Å²) in [7, 11) is 1.54. The third-order valence-corrected chi connectivity index (χ3v) is 4.07. The Balaban J connectivity index is 1.65. The first-order chi connectivity index (χ1) is 14.4. The number of carbonyl (C=O) groups excluding carboxylic acids is 1. The van der Waals surface area contributed by atoms with Crippen molar-refractivity contribution >= 4 is 11.6 Å². The standard InChI is InChI=1S/C21H20N2O7/c1-12-10-15(24)19(21(26)29-12)13(2)22-23-20(25)18-9-8-14(30-18)11-28-17-7-5-4-6-16(17)27-3/h4-10,24H,11H2,1-3H3,(H,23,25)/b22-13+. The van der Waals surface area contributed by atoms with E-state index in [1.165, 1.54) is 26.0 Å². The van der Waals surface area contributed by atoms with Gasteiger partial charge in [0.25, 0.3) is 0 Å². The van der Waals surface area contributed by atoms with Crippen LogP contribution in [0.1, 0.15) is 34.6 Å². The second kappa shape index (κ2) is 8.99. The molecule has 2 heterocycles. The molecule has 2 aromatic heterocycles. The number of aryl methyl sites for hydroxylation is 1. The summed E-state index contributed by atoms with van der Waals surface area (Å²) in [6, 6.07) is 11.5. The van der Waals surface area contributed by atoms with Crippen LogP contribution in [-0.4, -0.2) is 23.8 Å². The zero-order valence-corrected chi connectivity index (χ0v) is 16.6. The van der Waals surface area contributed by atoms with Crippen LogP contribution in [0.3, 0.4) is 0 Å². The van der Waals surface area contributed by atoms with E-state index in [4.69, 9.17) is 18.3 Å². The molecule has 0 aliphatic heterocycles. The molecule has 2 N–H and O–H groups in total. The van der Waals surface area contributed by atoms with E-state index in [1.807, 2.05) is 12.1 Å². The third kappa shape index (κ3) is 4.69. The largest absolute Gasteiger partial charge is 0.507 e. The number of nitrogens with one attached hydrogen (secondary N) is 1. The number of ether oxygens (including phenoxy) is 2. The number of carbonyl (C=O) groups is 1. The molecule has 0 saturated heterocycles. The number of rotatable bonds is 7. The van der Waals surface area contributed by atoms with E-state index < -0.39 is 11.5 Å². The molecule has 0 radical (unpaired) electrons. The Morgan fingerprint density at radius 3 is 2.60 bits per heavy atom. The van der Waals surface area contributed by atoms with Gasteiger partial charge in [-0.3, -0.25) is 4.79 Å². The molecule has 30 heavy (non-hydrogen) atoms. The van der Waals surface area contributed by atoms with Gasteiger partial charge in [-0.25, -0.2) is 10.2 Å². The van der Waals surface area contributed by atoms with Crippen molar-refractivity contribution in [3.63, 3.8) is 0 Å². The normalized spacial score (nSPS) is 11.2. The highest BCUT2D eigenvalue weighted by Crippen LogP contribution is 2.26. The van der Waals surface area contributed by atoms with Crippen molar-refractivity contribution in [2.45, 2.75) is 20.5 Å². The summed E-state index contributed by atoms with van der Waals surface area (Å²) >= 11 is 0. The minimum atomic E-state index is -0.753. The van der Waals surface area contributed by atoms with E-state index in [2.05, 4.69) is 10.5 Å². The van der Waals surface area contributed by atoms with Crippen molar-refractivity contribution in [1.82, 2.24) is 5.43 Å². The van der Waals surface area contributed by atoms with E-state index in [1.54, 1.807) is 25.3 Å². The predicted octanol–water partition coefficient (Wildman–Crippen LogP) is 2.99. The Hall–Kier alpha value is -4.01. The summed E-state index contributed by atoms with van der Waals surface area (Å²) in [5.74, 6) is 0.891. The van der Waals surface area contributed by atoms with Gasteiger partial charge in [0, 0.05) is 6.07 Å². The van der Waals surface area contributed by atoms with Crippen LogP contribution in [0.4, 0.5) is 0 Å². The number of furan rings is 1. The molecule has 9 nitrogen and oxygen atoms in total. The number of benzene rings is 1. The van der Waals surface area contributed by atoms with Crippen molar-refractivity contribution in [1.29, 1.82) is 0 Å². The lowest BCUT2D eigenvalue weighted by atomic mass is 10.2. The molecule has 0 unspecified atom stereocenters. The maximum Gasteiger partial charge on any atom is 0.348 e. The van der Waals surface area contributed by atoms with Gasteiger partial charge in [0.05, 0.1) is 12.8 Å². The number of para-hydroxylation sites is 2. The lowest BCUT2D eigenvalue weighted by molar-refractivity contribution is 0.0923. The van der Waals surface area contributed by atoms with Crippen molar-refractivity contribution in [3.05, 3.63) is 75.7 Å². The second-order valence-corrected chi connectivity index (χ2v) is 6.25. The monoisotopic (exact) mass is 412 g/mol. The molecule has 0 aliphatic rings. The van der Waals surface area contributed by atoms with Gasteiger partial charge in [-0.2, -0.15) is 5.10 Å². The number of amides is 1. The topological polar surface area (TPSA) is 124 Å². The SMILES string of the molecule is COc1ccccc1OCc1ccc(C(=O)N/N=C(\C)c2c(O)cc(C)oc2=O)o1. The van der Waals surface area contributed by atoms with E-state index in [0.29, 0.717) is 17.3 Å². The highest BCUT2D eigenvalue weighted by molar-refractivity contribution is 6.01. The van der Waals surface area contributed by atoms with Gasteiger partial charge in [-0.1, -0.05) is 12.1 Å². The molecule has 3 aromatic rings. The van der Waals surface area contributed by atoms with Crippen LogP contribution < -0.4 is 20.5 Å².